The normalized spacial score (nSPS) is 25.0. The lowest BCUT2D eigenvalue weighted by molar-refractivity contribution is 0.153. The number of aromatic nitrogens is 2. The van der Waals surface area contributed by atoms with Gasteiger partial charge in [0, 0.05) is 33.2 Å². The largest absolute Gasteiger partial charge is 0.353 e. The predicted octanol–water partition coefficient (Wildman–Crippen LogP) is -0.124. The van der Waals surface area contributed by atoms with Crippen molar-refractivity contribution in [2.75, 3.05) is 31.6 Å². The summed E-state index contributed by atoms with van der Waals surface area (Å²) < 4.78 is 2.47. The average Bonchev–Trinajstić information content (AvgIpc) is 2.55. The monoisotopic (exact) mass is 317 g/mol. The lowest BCUT2D eigenvalue weighted by atomic mass is 9.84. The number of nitrogens with zero attached hydrogens (tertiary/aromatic N) is 5. The summed E-state index contributed by atoms with van der Waals surface area (Å²) in [6.45, 7) is 2.82. The van der Waals surface area contributed by atoms with Gasteiger partial charge in [0.05, 0.1) is 0 Å². The Morgan fingerprint density at radius 3 is 2.52 bits per heavy atom. The first-order valence-corrected chi connectivity index (χ1v) is 8.11. The molecule has 0 aromatic carbocycles. The van der Waals surface area contributed by atoms with Gasteiger partial charge in [0.15, 0.2) is 5.56 Å². The lowest BCUT2D eigenvalue weighted by Gasteiger charge is -2.47. The molecule has 1 aromatic rings. The van der Waals surface area contributed by atoms with Crippen LogP contribution in [0.15, 0.2) is 9.59 Å². The second-order valence-corrected chi connectivity index (χ2v) is 6.73. The molecular formula is C16H23N5O2. The number of anilines is 1. The molecule has 0 bridgehead atoms. The highest BCUT2D eigenvalue weighted by atomic mass is 16.2. The summed E-state index contributed by atoms with van der Waals surface area (Å²) in [5, 5.41) is 9.49. The van der Waals surface area contributed by atoms with Crippen LogP contribution in [0.5, 0.6) is 0 Å². The molecule has 7 nitrogen and oxygen atoms in total. The summed E-state index contributed by atoms with van der Waals surface area (Å²) in [5.74, 6) is 1.02. The van der Waals surface area contributed by atoms with Crippen LogP contribution >= 0.6 is 0 Å². The highest BCUT2D eigenvalue weighted by Gasteiger charge is 2.37. The Hall–Kier alpha value is -2.07. The maximum atomic E-state index is 12.3. The molecule has 2 aliphatic rings. The topological polar surface area (TPSA) is 74.3 Å². The van der Waals surface area contributed by atoms with Crippen LogP contribution in [0, 0.1) is 17.2 Å². The molecule has 7 heteroatoms. The lowest BCUT2D eigenvalue weighted by Crippen LogP contribution is -2.55. The van der Waals surface area contributed by atoms with Gasteiger partial charge in [-0.25, -0.2) is 4.79 Å². The maximum absolute atomic E-state index is 12.3. The van der Waals surface area contributed by atoms with E-state index in [1.54, 1.807) is 7.05 Å². The number of nitriles is 1. The maximum Gasteiger partial charge on any atom is 0.332 e. The number of hydrogen-bond donors (Lipinski definition) is 0. The van der Waals surface area contributed by atoms with Crippen molar-refractivity contribution in [1.82, 2.24) is 14.0 Å². The van der Waals surface area contributed by atoms with E-state index < -0.39 is 5.56 Å². The third-order valence-corrected chi connectivity index (χ3v) is 5.29. The first-order chi connectivity index (χ1) is 11.0. The second kappa shape index (κ2) is 5.85. The Morgan fingerprint density at radius 2 is 1.83 bits per heavy atom. The smallest absolute Gasteiger partial charge is 0.332 e. The molecule has 1 aromatic heterocycles. The molecule has 0 radical (unpaired) electrons. The fourth-order valence-corrected chi connectivity index (χ4v) is 4.12. The second-order valence-electron chi connectivity index (χ2n) is 6.73. The molecule has 0 N–H and O–H groups in total. The van der Waals surface area contributed by atoms with Gasteiger partial charge in [0.1, 0.15) is 11.9 Å². The van der Waals surface area contributed by atoms with Crippen molar-refractivity contribution in [3.8, 4) is 6.07 Å². The van der Waals surface area contributed by atoms with Crippen LogP contribution < -0.4 is 16.1 Å². The van der Waals surface area contributed by atoms with Crippen molar-refractivity contribution in [2.24, 2.45) is 20.0 Å². The minimum absolute atomic E-state index is 0.0779. The van der Waals surface area contributed by atoms with Crippen molar-refractivity contribution in [2.45, 2.75) is 25.3 Å². The van der Waals surface area contributed by atoms with Crippen LogP contribution in [0.2, 0.25) is 0 Å². The van der Waals surface area contributed by atoms with E-state index in [0.717, 1.165) is 43.5 Å². The van der Waals surface area contributed by atoms with Crippen LogP contribution in [-0.2, 0) is 14.1 Å². The van der Waals surface area contributed by atoms with Crippen molar-refractivity contribution in [3.63, 3.8) is 0 Å². The molecular weight excluding hydrogens is 294 g/mol. The molecule has 3 rings (SSSR count). The predicted molar refractivity (Wildman–Crippen MR) is 87.6 cm³/mol. The van der Waals surface area contributed by atoms with Crippen molar-refractivity contribution >= 4 is 5.82 Å². The Kier molecular flexibility index (Phi) is 4.02. The Bertz CT molecular complexity index is 772. The fourth-order valence-electron chi connectivity index (χ4n) is 4.12. The number of piperidine rings is 2. The number of hydrogen-bond acceptors (Lipinski definition) is 5. The van der Waals surface area contributed by atoms with Crippen molar-refractivity contribution in [3.05, 3.63) is 26.4 Å². The SMILES string of the molecule is CN1CC[C@@H]2[C@@H](CCCN2c2c(C#N)c(=O)n(C)c(=O)n2C)C1. The highest BCUT2D eigenvalue weighted by molar-refractivity contribution is 5.54. The van der Waals surface area contributed by atoms with Crippen LogP contribution in [-0.4, -0.2) is 46.8 Å². The number of rotatable bonds is 1. The van der Waals surface area contributed by atoms with E-state index in [4.69, 9.17) is 0 Å². The van der Waals surface area contributed by atoms with E-state index in [2.05, 4.69) is 16.8 Å². The van der Waals surface area contributed by atoms with E-state index in [1.807, 2.05) is 6.07 Å². The molecule has 2 fully saturated rings. The molecule has 0 saturated carbocycles. The third kappa shape index (κ3) is 2.47. The summed E-state index contributed by atoms with van der Waals surface area (Å²) in [6.07, 6.45) is 3.17. The van der Waals surface area contributed by atoms with Crippen LogP contribution in [0.1, 0.15) is 24.8 Å². The fraction of sp³-hybridized carbons (Fsp3) is 0.688. The van der Waals surface area contributed by atoms with E-state index in [1.165, 1.54) is 11.6 Å². The van der Waals surface area contributed by atoms with E-state index in [-0.39, 0.29) is 11.3 Å². The quantitative estimate of drug-likeness (QED) is 0.722. The molecule has 0 unspecified atom stereocenters. The van der Waals surface area contributed by atoms with Gasteiger partial charge in [-0.15, -0.1) is 0 Å². The average molecular weight is 317 g/mol. The van der Waals surface area contributed by atoms with E-state index in [0.29, 0.717) is 17.8 Å². The van der Waals surface area contributed by atoms with E-state index in [9.17, 15) is 14.9 Å². The number of fused-ring (bicyclic) bond motifs is 1. The summed E-state index contributed by atoms with van der Waals surface area (Å²) >= 11 is 0. The molecule has 2 atom stereocenters. The first-order valence-electron chi connectivity index (χ1n) is 8.11. The molecule has 2 aliphatic heterocycles. The van der Waals surface area contributed by atoms with Crippen LogP contribution in [0.4, 0.5) is 5.82 Å². The summed E-state index contributed by atoms with van der Waals surface area (Å²) in [5.41, 5.74) is -0.797. The van der Waals surface area contributed by atoms with Crippen molar-refractivity contribution in [1.29, 1.82) is 5.26 Å². The molecule has 3 heterocycles. The van der Waals surface area contributed by atoms with Gasteiger partial charge in [-0.1, -0.05) is 0 Å². The third-order valence-electron chi connectivity index (χ3n) is 5.29. The Balaban J connectivity index is 2.13. The van der Waals surface area contributed by atoms with Gasteiger partial charge >= 0.3 is 5.69 Å². The molecule has 23 heavy (non-hydrogen) atoms. The zero-order valence-corrected chi connectivity index (χ0v) is 13.9. The zero-order chi connectivity index (χ0) is 16.7. The van der Waals surface area contributed by atoms with Gasteiger partial charge < -0.3 is 9.80 Å². The molecule has 2 saturated heterocycles. The molecule has 0 spiro atoms. The van der Waals surface area contributed by atoms with Gasteiger partial charge in [-0.2, -0.15) is 5.26 Å². The molecule has 0 amide bonds. The standard InChI is InChI=1S/C16H23N5O2/c1-18-8-6-13-11(10-18)5-4-7-21(13)14-12(9-17)15(22)20(3)16(23)19(14)2/h11,13H,4-8,10H2,1-3H3/t11-,13+/m0/s1. The van der Waals surface area contributed by atoms with E-state index >= 15 is 0 Å². The van der Waals surface area contributed by atoms with Gasteiger partial charge in [-0.3, -0.25) is 13.9 Å². The first kappa shape index (κ1) is 15.8. The summed E-state index contributed by atoms with van der Waals surface area (Å²) in [7, 11) is 5.20. The van der Waals surface area contributed by atoms with Gasteiger partial charge in [-0.05, 0) is 38.8 Å². The van der Waals surface area contributed by atoms with Crippen LogP contribution in [0.3, 0.4) is 0 Å². The minimum atomic E-state index is -0.499. The molecule has 124 valence electrons. The van der Waals surface area contributed by atoms with Gasteiger partial charge in [0.2, 0.25) is 0 Å². The summed E-state index contributed by atoms with van der Waals surface area (Å²) in [4.78, 5) is 29.1. The number of likely N-dealkylation sites (tertiary alicyclic amines) is 1. The Morgan fingerprint density at radius 1 is 1.09 bits per heavy atom. The van der Waals surface area contributed by atoms with Crippen molar-refractivity contribution < 1.29 is 0 Å². The zero-order valence-electron chi connectivity index (χ0n) is 13.9. The summed E-state index contributed by atoms with van der Waals surface area (Å²) in [6, 6.07) is 2.33. The molecule has 0 aliphatic carbocycles. The minimum Gasteiger partial charge on any atom is -0.353 e. The Labute approximate surface area is 135 Å². The van der Waals surface area contributed by atoms with Crippen LogP contribution in [0.25, 0.3) is 0 Å². The van der Waals surface area contributed by atoms with Gasteiger partial charge in [0.25, 0.3) is 5.56 Å². The highest BCUT2D eigenvalue weighted by Crippen LogP contribution is 2.33.